The Morgan fingerprint density at radius 3 is 2.75 bits per heavy atom. The number of methoxy groups -OCH3 is 1. The van der Waals surface area contributed by atoms with Crippen LogP contribution < -0.4 is 4.74 Å². The van der Waals surface area contributed by atoms with Crippen molar-refractivity contribution in [1.82, 2.24) is 10.1 Å². The molecular formula is C14H18N2O3S. The highest BCUT2D eigenvalue weighted by Gasteiger charge is 2.09. The molecule has 0 radical (unpaired) electrons. The van der Waals surface area contributed by atoms with Gasteiger partial charge in [0, 0.05) is 12.2 Å². The second-order valence-corrected chi connectivity index (χ2v) is 5.57. The van der Waals surface area contributed by atoms with Gasteiger partial charge in [-0.15, -0.1) is 0 Å². The first kappa shape index (κ1) is 14.9. The first-order valence-corrected chi connectivity index (χ1v) is 7.54. The van der Waals surface area contributed by atoms with E-state index in [-0.39, 0.29) is 12.5 Å². The van der Waals surface area contributed by atoms with Gasteiger partial charge >= 0.3 is 0 Å². The Bertz CT molecular complexity index is 527. The molecule has 1 unspecified atom stereocenters. The first-order chi connectivity index (χ1) is 9.72. The number of hydrogen-bond donors (Lipinski definition) is 1. The molecule has 108 valence electrons. The zero-order valence-electron chi connectivity index (χ0n) is 11.6. The van der Waals surface area contributed by atoms with Gasteiger partial charge < -0.3 is 14.4 Å². The molecule has 0 aliphatic rings. The summed E-state index contributed by atoms with van der Waals surface area (Å²) in [5.41, 5.74) is 0.898. The van der Waals surface area contributed by atoms with Gasteiger partial charge in [-0.3, -0.25) is 0 Å². The molecule has 5 nitrogen and oxygen atoms in total. The Labute approximate surface area is 122 Å². The number of hydrogen-bond acceptors (Lipinski definition) is 6. The second kappa shape index (κ2) is 7.31. The van der Waals surface area contributed by atoms with E-state index in [1.807, 2.05) is 31.2 Å². The lowest BCUT2D eigenvalue weighted by Gasteiger charge is -2.04. The number of rotatable bonds is 7. The summed E-state index contributed by atoms with van der Waals surface area (Å²) >= 11 is 1.68. The van der Waals surface area contributed by atoms with Crippen LogP contribution in [0.4, 0.5) is 0 Å². The SMILES string of the molecule is COc1ccc(-c2noc(CSCC(C)CO)n2)cc1. The zero-order chi connectivity index (χ0) is 14.4. The minimum Gasteiger partial charge on any atom is -0.497 e. The summed E-state index contributed by atoms with van der Waals surface area (Å²) in [6, 6.07) is 7.52. The summed E-state index contributed by atoms with van der Waals surface area (Å²) < 4.78 is 10.3. The van der Waals surface area contributed by atoms with Gasteiger partial charge in [0.25, 0.3) is 0 Å². The number of benzene rings is 1. The van der Waals surface area contributed by atoms with E-state index in [0.717, 1.165) is 17.1 Å². The summed E-state index contributed by atoms with van der Waals surface area (Å²) in [5.74, 6) is 3.80. The lowest BCUT2D eigenvalue weighted by atomic mass is 10.2. The molecule has 0 aliphatic carbocycles. The first-order valence-electron chi connectivity index (χ1n) is 6.38. The fourth-order valence-corrected chi connectivity index (χ4v) is 2.49. The fraction of sp³-hybridized carbons (Fsp3) is 0.429. The van der Waals surface area contributed by atoms with Crippen molar-refractivity contribution in [2.24, 2.45) is 5.92 Å². The Morgan fingerprint density at radius 2 is 2.10 bits per heavy atom. The normalized spacial score (nSPS) is 12.3. The molecule has 2 aromatic rings. The summed E-state index contributed by atoms with van der Waals surface area (Å²) in [4.78, 5) is 4.36. The number of aliphatic hydroxyl groups excluding tert-OH is 1. The minimum absolute atomic E-state index is 0.202. The number of aromatic nitrogens is 2. The minimum atomic E-state index is 0.202. The van der Waals surface area contributed by atoms with Crippen LogP contribution >= 0.6 is 11.8 Å². The quantitative estimate of drug-likeness (QED) is 0.846. The Morgan fingerprint density at radius 1 is 1.35 bits per heavy atom. The van der Waals surface area contributed by atoms with Crippen molar-refractivity contribution in [3.8, 4) is 17.1 Å². The second-order valence-electron chi connectivity index (χ2n) is 4.54. The highest BCUT2D eigenvalue weighted by atomic mass is 32.2. The van der Waals surface area contributed by atoms with Crippen LogP contribution in [0.25, 0.3) is 11.4 Å². The van der Waals surface area contributed by atoms with Gasteiger partial charge in [-0.1, -0.05) is 12.1 Å². The van der Waals surface area contributed by atoms with Gasteiger partial charge in [0.15, 0.2) is 0 Å². The van der Waals surface area contributed by atoms with E-state index in [0.29, 0.717) is 17.5 Å². The molecule has 1 heterocycles. The van der Waals surface area contributed by atoms with Gasteiger partial charge in [0.2, 0.25) is 11.7 Å². The van der Waals surface area contributed by atoms with Crippen molar-refractivity contribution in [1.29, 1.82) is 0 Å². The summed E-state index contributed by atoms with van der Waals surface area (Å²) in [5, 5.41) is 12.9. The third-order valence-electron chi connectivity index (χ3n) is 2.76. The average molecular weight is 294 g/mol. The molecule has 0 fully saturated rings. The molecule has 0 aliphatic heterocycles. The molecule has 0 saturated carbocycles. The Hall–Kier alpha value is -1.53. The Kier molecular flexibility index (Phi) is 5.43. The van der Waals surface area contributed by atoms with Crippen molar-refractivity contribution >= 4 is 11.8 Å². The number of ether oxygens (including phenoxy) is 1. The van der Waals surface area contributed by atoms with E-state index in [1.54, 1.807) is 18.9 Å². The fourth-order valence-electron chi connectivity index (χ4n) is 1.57. The average Bonchev–Trinajstić information content (AvgIpc) is 2.96. The van der Waals surface area contributed by atoms with E-state index in [2.05, 4.69) is 10.1 Å². The van der Waals surface area contributed by atoms with Crippen LogP contribution in [-0.2, 0) is 5.75 Å². The van der Waals surface area contributed by atoms with Gasteiger partial charge in [-0.05, 0) is 35.9 Å². The van der Waals surface area contributed by atoms with Crippen LogP contribution in [0.15, 0.2) is 28.8 Å². The van der Waals surface area contributed by atoms with Crippen LogP contribution in [0.5, 0.6) is 5.75 Å². The van der Waals surface area contributed by atoms with E-state index in [4.69, 9.17) is 14.4 Å². The monoisotopic (exact) mass is 294 g/mol. The van der Waals surface area contributed by atoms with Crippen LogP contribution in [0.3, 0.4) is 0 Å². The molecule has 0 saturated heterocycles. The molecule has 0 amide bonds. The number of nitrogens with zero attached hydrogens (tertiary/aromatic N) is 2. The number of aliphatic hydroxyl groups is 1. The zero-order valence-corrected chi connectivity index (χ0v) is 12.4. The highest BCUT2D eigenvalue weighted by molar-refractivity contribution is 7.98. The third-order valence-corrected chi connectivity index (χ3v) is 4.01. The van der Waals surface area contributed by atoms with E-state index < -0.39 is 0 Å². The van der Waals surface area contributed by atoms with Crippen LogP contribution in [0.1, 0.15) is 12.8 Å². The van der Waals surface area contributed by atoms with Gasteiger partial charge in [0.1, 0.15) is 5.75 Å². The molecule has 0 bridgehead atoms. The van der Waals surface area contributed by atoms with Gasteiger partial charge in [-0.2, -0.15) is 16.7 Å². The summed E-state index contributed by atoms with van der Waals surface area (Å²) in [6.45, 7) is 2.21. The largest absolute Gasteiger partial charge is 0.497 e. The standard InChI is InChI=1S/C14H18N2O3S/c1-10(7-17)8-20-9-13-15-14(16-19-13)11-3-5-12(18-2)6-4-11/h3-6,10,17H,7-9H2,1-2H3. The molecule has 2 rings (SSSR count). The third kappa shape index (κ3) is 3.98. The van der Waals surface area contributed by atoms with Crippen molar-refractivity contribution in [3.63, 3.8) is 0 Å². The Balaban J connectivity index is 1.94. The van der Waals surface area contributed by atoms with Gasteiger partial charge in [0.05, 0.1) is 12.9 Å². The molecule has 1 aromatic heterocycles. The topological polar surface area (TPSA) is 68.4 Å². The maximum absolute atomic E-state index is 8.95. The van der Waals surface area contributed by atoms with Crippen molar-refractivity contribution in [2.45, 2.75) is 12.7 Å². The number of thioether (sulfide) groups is 1. The van der Waals surface area contributed by atoms with Crippen LogP contribution in [-0.4, -0.2) is 34.7 Å². The van der Waals surface area contributed by atoms with Crippen molar-refractivity contribution in [3.05, 3.63) is 30.2 Å². The molecule has 1 N–H and O–H groups in total. The molecule has 20 heavy (non-hydrogen) atoms. The molecule has 6 heteroatoms. The van der Waals surface area contributed by atoms with Crippen LogP contribution in [0, 0.1) is 5.92 Å². The molecule has 1 atom stereocenters. The lowest BCUT2D eigenvalue weighted by Crippen LogP contribution is -2.03. The van der Waals surface area contributed by atoms with Crippen LogP contribution in [0.2, 0.25) is 0 Å². The maximum Gasteiger partial charge on any atom is 0.236 e. The molecule has 0 spiro atoms. The molecular weight excluding hydrogens is 276 g/mol. The molecule has 1 aromatic carbocycles. The summed E-state index contributed by atoms with van der Waals surface area (Å²) in [6.07, 6.45) is 0. The smallest absolute Gasteiger partial charge is 0.236 e. The maximum atomic E-state index is 8.95. The van der Waals surface area contributed by atoms with Crippen molar-refractivity contribution in [2.75, 3.05) is 19.5 Å². The van der Waals surface area contributed by atoms with E-state index in [9.17, 15) is 0 Å². The van der Waals surface area contributed by atoms with Gasteiger partial charge in [-0.25, -0.2) is 0 Å². The lowest BCUT2D eigenvalue weighted by molar-refractivity contribution is 0.250. The predicted molar refractivity (Wildman–Crippen MR) is 78.7 cm³/mol. The van der Waals surface area contributed by atoms with E-state index >= 15 is 0 Å². The summed E-state index contributed by atoms with van der Waals surface area (Å²) in [7, 11) is 1.63. The highest BCUT2D eigenvalue weighted by Crippen LogP contribution is 2.21. The predicted octanol–water partition coefficient (Wildman–Crippen LogP) is 2.61. The van der Waals surface area contributed by atoms with E-state index in [1.165, 1.54) is 0 Å². The van der Waals surface area contributed by atoms with Crippen molar-refractivity contribution < 1.29 is 14.4 Å².